The molecule has 6 heteroatoms. The van der Waals surface area contributed by atoms with Crippen LogP contribution in [0, 0.1) is 11.6 Å². The summed E-state index contributed by atoms with van der Waals surface area (Å²) in [6, 6.07) is 0.684. The second-order valence-electron chi connectivity index (χ2n) is 2.85. The molecule has 2 rings (SSSR count). The van der Waals surface area contributed by atoms with E-state index in [1.54, 1.807) is 0 Å². The van der Waals surface area contributed by atoms with Gasteiger partial charge in [0.2, 0.25) is 0 Å². The van der Waals surface area contributed by atoms with Gasteiger partial charge in [-0.25, -0.2) is 18.1 Å². The van der Waals surface area contributed by atoms with Gasteiger partial charge in [0.25, 0.3) is 0 Å². The Morgan fingerprint density at radius 1 is 1.53 bits per heavy atom. The first-order valence-electron chi connectivity index (χ1n) is 4.04. The number of methoxy groups -OCH3 is 1. The molecule has 0 amide bonds. The number of carbonyl (C=O) groups is 1. The lowest BCUT2D eigenvalue weighted by atomic mass is 10.2. The summed E-state index contributed by atoms with van der Waals surface area (Å²) in [6.45, 7) is 0. The van der Waals surface area contributed by atoms with Crippen molar-refractivity contribution in [3.63, 3.8) is 0 Å². The summed E-state index contributed by atoms with van der Waals surface area (Å²) in [5.74, 6) is -2.33. The standard InChI is InChI=1S/C9H6F2N2O2/c1-15-9(14)6-3-12-13-4-5(10)2-7(11)8(6)13/h2-4H,1H3. The van der Waals surface area contributed by atoms with E-state index in [-0.39, 0.29) is 11.1 Å². The highest BCUT2D eigenvalue weighted by molar-refractivity contribution is 5.96. The molecule has 2 heterocycles. The SMILES string of the molecule is COC(=O)c1cnn2cc(F)cc(F)c12. The molecule has 78 valence electrons. The van der Waals surface area contributed by atoms with Crippen molar-refractivity contribution in [2.45, 2.75) is 0 Å². The van der Waals surface area contributed by atoms with Crippen LogP contribution in [-0.2, 0) is 4.74 Å². The lowest BCUT2D eigenvalue weighted by Crippen LogP contribution is -2.02. The number of hydrogen-bond donors (Lipinski definition) is 0. The van der Waals surface area contributed by atoms with Crippen LogP contribution in [0.2, 0.25) is 0 Å². The van der Waals surface area contributed by atoms with Crippen molar-refractivity contribution in [3.05, 3.63) is 35.7 Å². The highest BCUT2D eigenvalue weighted by Gasteiger charge is 2.17. The van der Waals surface area contributed by atoms with Gasteiger partial charge in [0.1, 0.15) is 16.9 Å². The predicted octanol–water partition coefficient (Wildman–Crippen LogP) is 1.40. The number of nitrogens with zero attached hydrogens (tertiary/aromatic N) is 2. The maximum absolute atomic E-state index is 13.3. The van der Waals surface area contributed by atoms with Crippen LogP contribution in [0.1, 0.15) is 10.4 Å². The Labute approximate surface area is 83.1 Å². The summed E-state index contributed by atoms with van der Waals surface area (Å²) >= 11 is 0. The zero-order chi connectivity index (χ0) is 11.0. The molecule has 0 radical (unpaired) electrons. The van der Waals surface area contributed by atoms with E-state index in [0.717, 1.165) is 16.9 Å². The highest BCUT2D eigenvalue weighted by Crippen LogP contribution is 2.16. The minimum Gasteiger partial charge on any atom is -0.465 e. The van der Waals surface area contributed by atoms with E-state index < -0.39 is 17.6 Å². The summed E-state index contributed by atoms with van der Waals surface area (Å²) in [4.78, 5) is 11.2. The number of pyridine rings is 1. The minimum absolute atomic E-state index is 0.0324. The van der Waals surface area contributed by atoms with E-state index in [4.69, 9.17) is 0 Å². The molecule has 0 unspecified atom stereocenters. The Morgan fingerprint density at radius 2 is 2.27 bits per heavy atom. The Morgan fingerprint density at radius 3 is 2.93 bits per heavy atom. The zero-order valence-corrected chi connectivity index (χ0v) is 7.70. The van der Waals surface area contributed by atoms with Gasteiger partial charge in [-0.3, -0.25) is 0 Å². The van der Waals surface area contributed by atoms with Crippen molar-refractivity contribution < 1.29 is 18.3 Å². The first-order valence-corrected chi connectivity index (χ1v) is 4.04. The lowest BCUT2D eigenvalue weighted by molar-refractivity contribution is 0.0602. The van der Waals surface area contributed by atoms with Gasteiger partial charge < -0.3 is 4.74 Å². The van der Waals surface area contributed by atoms with Gasteiger partial charge in [0.05, 0.1) is 19.5 Å². The van der Waals surface area contributed by atoms with Gasteiger partial charge >= 0.3 is 5.97 Å². The fraction of sp³-hybridized carbons (Fsp3) is 0.111. The van der Waals surface area contributed by atoms with Crippen LogP contribution < -0.4 is 0 Å². The number of hydrogen-bond acceptors (Lipinski definition) is 3. The van der Waals surface area contributed by atoms with Crippen LogP contribution in [0.5, 0.6) is 0 Å². The van der Waals surface area contributed by atoms with Crippen LogP contribution in [-0.4, -0.2) is 22.7 Å². The smallest absolute Gasteiger partial charge is 0.341 e. The van der Waals surface area contributed by atoms with Crippen LogP contribution in [0.3, 0.4) is 0 Å². The molecule has 0 spiro atoms. The average Bonchev–Trinajstić information content (AvgIpc) is 2.60. The molecule has 0 aliphatic rings. The molecule has 0 atom stereocenters. The Balaban J connectivity index is 2.74. The number of aromatic nitrogens is 2. The first kappa shape index (κ1) is 9.57. The van der Waals surface area contributed by atoms with Crippen molar-refractivity contribution in [1.29, 1.82) is 0 Å². The molecule has 2 aromatic rings. The molecule has 0 aliphatic heterocycles. The molecule has 4 nitrogen and oxygen atoms in total. The van der Waals surface area contributed by atoms with Crippen molar-refractivity contribution in [2.24, 2.45) is 0 Å². The second-order valence-corrected chi connectivity index (χ2v) is 2.85. The molecule has 0 aliphatic carbocycles. The number of ether oxygens (including phenoxy) is 1. The number of halogens is 2. The molecule has 2 aromatic heterocycles. The second kappa shape index (κ2) is 3.30. The van der Waals surface area contributed by atoms with Crippen LogP contribution >= 0.6 is 0 Å². The van der Waals surface area contributed by atoms with E-state index in [1.165, 1.54) is 7.11 Å². The van der Waals surface area contributed by atoms with Gasteiger partial charge in [-0.05, 0) is 0 Å². The number of esters is 1. The third-order valence-corrected chi connectivity index (χ3v) is 1.94. The summed E-state index contributed by atoms with van der Waals surface area (Å²) in [6.07, 6.45) is 2.11. The fourth-order valence-electron chi connectivity index (χ4n) is 1.30. The van der Waals surface area contributed by atoms with E-state index in [0.29, 0.717) is 6.07 Å². The maximum Gasteiger partial charge on any atom is 0.341 e. The average molecular weight is 212 g/mol. The van der Waals surface area contributed by atoms with Crippen LogP contribution in [0.15, 0.2) is 18.5 Å². The minimum atomic E-state index is -0.854. The first-order chi connectivity index (χ1) is 7.13. The summed E-state index contributed by atoms with van der Waals surface area (Å²) in [7, 11) is 1.17. The molecular formula is C9H6F2N2O2. The zero-order valence-electron chi connectivity index (χ0n) is 7.70. The number of rotatable bonds is 1. The largest absolute Gasteiger partial charge is 0.465 e. The Bertz CT molecular complexity index is 536. The summed E-state index contributed by atoms with van der Waals surface area (Å²) < 4.78 is 31.5. The summed E-state index contributed by atoms with van der Waals surface area (Å²) in [5.41, 5.74) is -0.127. The summed E-state index contributed by atoms with van der Waals surface area (Å²) in [5, 5.41) is 3.65. The van der Waals surface area contributed by atoms with Gasteiger partial charge in [-0.15, -0.1) is 0 Å². The van der Waals surface area contributed by atoms with Crippen molar-refractivity contribution in [2.75, 3.05) is 7.11 Å². The van der Waals surface area contributed by atoms with Gasteiger partial charge in [0, 0.05) is 6.07 Å². The van der Waals surface area contributed by atoms with Crippen molar-refractivity contribution in [3.8, 4) is 0 Å². The van der Waals surface area contributed by atoms with Gasteiger partial charge in [0.15, 0.2) is 5.82 Å². The van der Waals surface area contributed by atoms with E-state index in [9.17, 15) is 13.6 Å². The third-order valence-electron chi connectivity index (χ3n) is 1.94. The molecular weight excluding hydrogens is 206 g/mol. The predicted molar refractivity (Wildman–Crippen MR) is 46.4 cm³/mol. The molecule has 15 heavy (non-hydrogen) atoms. The van der Waals surface area contributed by atoms with Crippen molar-refractivity contribution in [1.82, 2.24) is 9.61 Å². The monoisotopic (exact) mass is 212 g/mol. The molecule has 0 N–H and O–H groups in total. The molecule has 0 fully saturated rings. The molecule has 0 saturated carbocycles. The quantitative estimate of drug-likeness (QED) is 0.671. The van der Waals surface area contributed by atoms with E-state index >= 15 is 0 Å². The maximum atomic E-state index is 13.3. The Hall–Kier alpha value is -1.98. The van der Waals surface area contributed by atoms with Crippen LogP contribution in [0.25, 0.3) is 5.52 Å². The fourth-order valence-corrected chi connectivity index (χ4v) is 1.30. The Kier molecular flexibility index (Phi) is 2.11. The lowest BCUT2D eigenvalue weighted by Gasteiger charge is -1.98. The topological polar surface area (TPSA) is 43.6 Å². The molecule has 0 bridgehead atoms. The third kappa shape index (κ3) is 1.43. The van der Waals surface area contributed by atoms with Gasteiger partial charge in [-0.1, -0.05) is 0 Å². The van der Waals surface area contributed by atoms with Crippen molar-refractivity contribution >= 4 is 11.5 Å². The van der Waals surface area contributed by atoms with Crippen LogP contribution in [0.4, 0.5) is 8.78 Å². The normalized spacial score (nSPS) is 10.6. The van der Waals surface area contributed by atoms with E-state index in [2.05, 4.69) is 9.84 Å². The van der Waals surface area contributed by atoms with E-state index in [1.807, 2.05) is 0 Å². The molecule has 0 saturated heterocycles. The highest BCUT2D eigenvalue weighted by atomic mass is 19.1. The van der Waals surface area contributed by atoms with Gasteiger partial charge in [-0.2, -0.15) is 5.10 Å². The number of fused-ring (bicyclic) bond motifs is 1. The number of carbonyl (C=O) groups excluding carboxylic acids is 1. The molecule has 0 aromatic carbocycles.